The molecule has 0 aliphatic carbocycles. The van der Waals surface area contributed by atoms with Crippen LogP contribution in [0.25, 0.3) is 0 Å². The number of ether oxygens (including phenoxy) is 3. The van der Waals surface area contributed by atoms with Crippen molar-refractivity contribution in [3.05, 3.63) is 46.5 Å². The van der Waals surface area contributed by atoms with Gasteiger partial charge in [0.05, 0.1) is 24.9 Å². The van der Waals surface area contributed by atoms with Gasteiger partial charge in [0.15, 0.2) is 6.10 Å². The van der Waals surface area contributed by atoms with E-state index in [1.807, 2.05) is 39.0 Å². The fraction of sp³-hybridized carbons (Fsp3) is 0.350. The molecule has 1 amide bonds. The van der Waals surface area contributed by atoms with Gasteiger partial charge in [-0.3, -0.25) is 4.79 Å². The smallest absolute Gasteiger partial charge is 0.265 e. The fourth-order valence-electron chi connectivity index (χ4n) is 2.58. The molecule has 0 aliphatic rings. The Hall–Kier alpha value is -2.40. The van der Waals surface area contributed by atoms with Gasteiger partial charge >= 0.3 is 0 Å². The SMILES string of the molecule is CC[C@@H](Oc1ccc(C)cc1C)C(=O)Nc1cc(OC)c(Cl)cc1OC. The first-order valence-electron chi connectivity index (χ1n) is 8.35. The number of methoxy groups -OCH3 is 2. The molecule has 0 aliphatic heterocycles. The highest BCUT2D eigenvalue weighted by Gasteiger charge is 2.21. The van der Waals surface area contributed by atoms with E-state index in [2.05, 4.69) is 5.32 Å². The van der Waals surface area contributed by atoms with Crippen molar-refractivity contribution in [3.8, 4) is 17.2 Å². The molecule has 140 valence electrons. The van der Waals surface area contributed by atoms with Gasteiger partial charge in [-0.2, -0.15) is 0 Å². The molecule has 0 fully saturated rings. The first-order chi connectivity index (χ1) is 12.4. The molecular formula is C20H24ClNO4. The van der Waals surface area contributed by atoms with Gasteiger partial charge in [0.1, 0.15) is 17.2 Å². The van der Waals surface area contributed by atoms with Crippen LogP contribution >= 0.6 is 11.6 Å². The highest BCUT2D eigenvalue weighted by atomic mass is 35.5. The van der Waals surface area contributed by atoms with Crippen LogP contribution in [0.15, 0.2) is 30.3 Å². The van der Waals surface area contributed by atoms with E-state index in [0.29, 0.717) is 34.4 Å². The van der Waals surface area contributed by atoms with Crippen LogP contribution in [-0.2, 0) is 4.79 Å². The number of hydrogen-bond acceptors (Lipinski definition) is 4. The van der Waals surface area contributed by atoms with Crippen molar-refractivity contribution in [1.82, 2.24) is 0 Å². The first kappa shape index (κ1) is 19.9. The number of halogens is 1. The number of nitrogens with one attached hydrogen (secondary N) is 1. The molecule has 0 aromatic heterocycles. The molecular weight excluding hydrogens is 354 g/mol. The van der Waals surface area contributed by atoms with Crippen LogP contribution < -0.4 is 19.5 Å². The van der Waals surface area contributed by atoms with E-state index < -0.39 is 6.10 Å². The quantitative estimate of drug-likeness (QED) is 0.755. The van der Waals surface area contributed by atoms with Crippen molar-refractivity contribution < 1.29 is 19.0 Å². The summed E-state index contributed by atoms with van der Waals surface area (Å²) in [6.45, 7) is 5.87. The Kier molecular flexibility index (Phi) is 6.75. The summed E-state index contributed by atoms with van der Waals surface area (Å²) in [6, 6.07) is 9.09. The van der Waals surface area contributed by atoms with Crippen molar-refractivity contribution in [1.29, 1.82) is 0 Å². The number of carbonyl (C=O) groups excluding carboxylic acids is 1. The first-order valence-corrected chi connectivity index (χ1v) is 8.73. The average Bonchev–Trinajstić information content (AvgIpc) is 2.62. The van der Waals surface area contributed by atoms with E-state index in [9.17, 15) is 4.79 Å². The Morgan fingerprint density at radius 2 is 1.77 bits per heavy atom. The van der Waals surface area contributed by atoms with Crippen LogP contribution in [0.1, 0.15) is 24.5 Å². The van der Waals surface area contributed by atoms with Gasteiger partial charge in [0, 0.05) is 12.1 Å². The molecule has 0 saturated carbocycles. The Balaban J connectivity index is 2.21. The molecule has 2 aromatic rings. The molecule has 26 heavy (non-hydrogen) atoms. The van der Waals surface area contributed by atoms with E-state index in [4.69, 9.17) is 25.8 Å². The minimum Gasteiger partial charge on any atom is -0.495 e. The standard InChI is InChI=1S/C20H24ClNO4/c1-6-16(26-17-8-7-12(2)9-13(17)3)20(23)22-15-11-18(24-4)14(21)10-19(15)25-5/h7-11,16H,6H2,1-5H3,(H,22,23)/t16-/m1/s1. The maximum Gasteiger partial charge on any atom is 0.265 e. The lowest BCUT2D eigenvalue weighted by Gasteiger charge is -2.20. The van der Waals surface area contributed by atoms with E-state index in [1.165, 1.54) is 14.2 Å². The number of amides is 1. The molecule has 6 heteroatoms. The minimum absolute atomic E-state index is 0.268. The third-order valence-electron chi connectivity index (χ3n) is 3.99. The summed E-state index contributed by atoms with van der Waals surface area (Å²) in [5.41, 5.74) is 2.61. The lowest BCUT2D eigenvalue weighted by molar-refractivity contribution is -0.122. The summed E-state index contributed by atoms with van der Waals surface area (Å²) in [5, 5.41) is 3.24. The van der Waals surface area contributed by atoms with Crippen molar-refractivity contribution in [2.24, 2.45) is 0 Å². The van der Waals surface area contributed by atoms with Crippen LogP contribution in [0.5, 0.6) is 17.2 Å². The maximum atomic E-state index is 12.7. The zero-order valence-corrected chi connectivity index (χ0v) is 16.4. The third-order valence-corrected chi connectivity index (χ3v) is 4.29. The van der Waals surface area contributed by atoms with Crippen molar-refractivity contribution >= 4 is 23.2 Å². The maximum absolute atomic E-state index is 12.7. The number of benzene rings is 2. The minimum atomic E-state index is -0.636. The highest BCUT2D eigenvalue weighted by Crippen LogP contribution is 2.36. The number of carbonyl (C=O) groups is 1. The van der Waals surface area contributed by atoms with Crippen LogP contribution in [0.3, 0.4) is 0 Å². The molecule has 0 radical (unpaired) electrons. The zero-order chi connectivity index (χ0) is 19.3. The second-order valence-corrected chi connectivity index (χ2v) is 6.37. The summed E-state index contributed by atoms with van der Waals surface area (Å²) in [6.07, 6.45) is -0.116. The van der Waals surface area contributed by atoms with Crippen molar-refractivity contribution in [3.63, 3.8) is 0 Å². The average molecular weight is 378 g/mol. The van der Waals surface area contributed by atoms with E-state index in [1.54, 1.807) is 12.1 Å². The number of rotatable bonds is 7. The Bertz CT molecular complexity index is 792. The topological polar surface area (TPSA) is 56.8 Å². The van der Waals surface area contributed by atoms with Crippen LogP contribution in [0.4, 0.5) is 5.69 Å². The lowest BCUT2D eigenvalue weighted by atomic mass is 10.1. The van der Waals surface area contributed by atoms with Gasteiger partial charge in [-0.1, -0.05) is 36.2 Å². The van der Waals surface area contributed by atoms with Gasteiger partial charge in [-0.05, 0) is 31.9 Å². The normalized spacial score (nSPS) is 11.6. The molecule has 0 spiro atoms. The highest BCUT2D eigenvalue weighted by molar-refractivity contribution is 6.32. The molecule has 0 bridgehead atoms. The summed E-state index contributed by atoms with van der Waals surface area (Å²) >= 11 is 6.10. The molecule has 1 atom stereocenters. The molecule has 0 saturated heterocycles. The predicted molar refractivity (Wildman–Crippen MR) is 104 cm³/mol. The van der Waals surface area contributed by atoms with Gasteiger partial charge < -0.3 is 19.5 Å². The Labute approximate surface area is 159 Å². The Morgan fingerprint density at radius 1 is 1.08 bits per heavy atom. The summed E-state index contributed by atoms with van der Waals surface area (Å²) in [7, 11) is 3.02. The summed E-state index contributed by atoms with van der Waals surface area (Å²) in [5.74, 6) is 1.32. The largest absolute Gasteiger partial charge is 0.495 e. The van der Waals surface area contributed by atoms with Crippen LogP contribution in [0, 0.1) is 13.8 Å². The van der Waals surface area contributed by atoms with E-state index >= 15 is 0 Å². The fourth-order valence-corrected chi connectivity index (χ4v) is 2.81. The number of hydrogen-bond donors (Lipinski definition) is 1. The van der Waals surface area contributed by atoms with Crippen molar-refractivity contribution in [2.45, 2.75) is 33.3 Å². The zero-order valence-electron chi connectivity index (χ0n) is 15.7. The second kappa shape index (κ2) is 8.81. The van der Waals surface area contributed by atoms with Gasteiger partial charge in [0.25, 0.3) is 5.91 Å². The molecule has 2 rings (SSSR count). The predicted octanol–water partition coefficient (Wildman–Crippen LogP) is 4.77. The Morgan fingerprint density at radius 3 is 2.35 bits per heavy atom. The lowest BCUT2D eigenvalue weighted by Crippen LogP contribution is -2.32. The molecule has 0 unspecified atom stereocenters. The van der Waals surface area contributed by atoms with Crippen LogP contribution in [0.2, 0.25) is 5.02 Å². The van der Waals surface area contributed by atoms with Crippen molar-refractivity contribution in [2.75, 3.05) is 19.5 Å². The second-order valence-electron chi connectivity index (χ2n) is 5.96. The summed E-state index contributed by atoms with van der Waals surface area (Å²) < 4.78 is 16.4. The molecule has 2 aromatic carbocycles. The van der Waals surface area contributed by atoms with Gasteiger partial charge in [0.2, 0.25) is 0 Å². The molecule has 1 N–H and O–H groups in total. The third kappa shape index (κ3) is 4.61. The number of anilines is 1. The van der Waals surface area contributed by atoms with Crippen LogP contribution in [-0.4, -0.2) is 26.2 Å². The summed E-state index contributed by atoms with van der Waals surface area (Å²) in [4.78, 5) is 12.7. The van der Waals surface area contributed by atoms with Gasteiger partial charge in [-0.25, -0.2) is 0 Å². The van der Waals surface area contributed by atoms with E-state index in [-0.39, 0.29) is 5.91 Å². The monoisotopic (exact) mass is 377 g/mol. The molecule has 0 heterocycles. The molecule has 5 nitrogen and oxygen atoms in total. The van der Waals surface area contributed by atoms with E-state index in [0.717, 1.165) is 11.1 Å². The number of aryl methyl sites for hydroxylation is 2. The van der Waals surface area contributed by atoms with Gasteiger partial charge in [-0.15, -0.1) is 0 Å².